The van der Waals surface area contributed by atoms with Crippen LogP contribution in [0.4, 0.5) is 5.69 Å². The highest BCUT2D eigenvalue weighted by Gasteiger charge is 2.10. The van der Waals surface area contributed by atoms with Crippen molar-refractivity contribution in [1.29, 1.82) is 0 Å². The van der Waals surface area contributed by atoms with E-state index < -0.39 is 0 Å². The second-order valence-electron chi connectivity index (χ2n) is 7.26. The maximum atomic E-state index is 5.47. The fourth-order valence-corrected chi connectivity index (χ4v) is 4.49. The molecule has 0 radical (unpaired) electrons. The van der Waals surface area contributed by atoms with Gasteiger partial charge in [-0.1, -0.05) is 54.6 Å². The number of nitrogens with zero attached hydrogens (tertiary/aromatic N) is 2. The topological polar surface area (TPSA) is 35.8 Å². The minimum atomic E-state index is 0.745. The van der Waals surface area contributed by atoms with E-state index in [0.29, 0.717) is 0 Å². The van der Waals surface area contributed by atoms with Gasteiger partial charge >= 0.3 is 0 Å². The molecule has 4 nitrogen and oxygen atoms in total. The van der Waals surface area contributed by atoms with Crippen molar-refractivity contribution in [2.75, 3.05) is 14.2 Å². The van der Waals surface area contributed by atoms with Crippen LogP contribution >= 0.6 is 11.3 Å². The number of para-hydroxylation sites is 1. The predicted octanol–water partition coefficient (Wildman–Crippen LogP) is 6.02. The molecular formula is C26H26N2O2S. The molecule has 0 saturated heterocycles. The third-order valence-corrected chi connectivity index (χ3v) is 6.13. The standard InChI is InChI=1S/C26H26N2O2S/c1-19-9-7-8-12-22(19)27-26-28(23(18-31-26)21-10-5-4-6-11-21)16-15-20-13-14-24(29-2)25(17-20)30-3/h4-14,17-18H,15-16H2,1-3H3. The Morgan fingerprint density at radius 1 is 0.871 bits per heavy atom. The van der Waals surface area contributed by atoms with Crippen LogP contribution in [0.15, 0.2) is 83.2 Å². The molecule has 0 fully saturated rings. The number of hydrogen-bond donors (Lipinski definition) is 0. The molecule has 0 N–H and O–H groups in total. The lowest BCUT2D eigenvalue weighted by atomic mass is 10.1. The average Bonchev–Trinajstić information content (AvgIpc) is 3.21. The van der Waals surface area contributed by atoms with Crippen molar-refractivity contribution in [2.45, 2.75) is 19.9 Å². The summed E-state index contributed by atoms with van der Waals surface area (Å²) in [6, 6.07) is 24.8. The fourth-order valence-electron chi connectivity index (χ4n) is 3.54. The van der Waals surface area contributed by atoms with E-state index in [0.717, 1.165) is 35.0 Å². The lowest BCUT2D eigenvalue weighted by Crippen LogP contribution is -2.17. The molecule has 1 heterocycles. The molecule has 3 aromatic carbocycles. The SMILES string of the molecule is COc1ccc(CCn2c(-c3ccccc3)csc2=Nc2ccccc2C)cc1OC. The molecule has 0 saturated carbocycles. The Kier molecular flexibility index (Phi) is 6.53. The molecule has 158 valence electrons. The van der Waals surface area contributed by atoms with E-state index in [2.05, 4.69) is 59.3 Å². The average molecular weight is 431 g/mol. The Hall–Kier alpha value is -3.31. The maximum Gasteiger partial charge on any atom is 0.190 e. The Morgan fingerprint density at radius 2 is 1.61 bits per heavy atom. The fraction of sp³-hybridized carbons (Fsp3) is 0.192. The summed E-state index contributed by atoms with van der Waals surface area (Å²) >= 11 is 1.68. The van der Waals surface area contributed by atoms with Crippen LogP contribution in [0.2, 0.25) is 0 Å². The van der Waals surface area contributed by atoms with Crippen LogP contribution in [0.1, 0.15) is 11.1 Å². The number of aryl methyl sites for hydroxylation is 2. The number of methoxy groups -OCH3 is 2. The van der Waals surface area contributed by atoms with Crippen molar-refractivity contribution in [1.82, 2.24) is 4.57 Å². The number of hydrogen-bond acceptors (Lipinski definition) is 4. The highest BCUT2D eigenvalue weighted by atomic mass is 32.1. The van der Waals surface area contributed by atoms with Gasteiger partial charge in [0.25, 0.3) is 0 Å². The molecule has 5 heteroatoms. The van der Waals surface area contributed by atoms with Crippen molar-refractivity contribution in [3.8, 4) is 22.8 Å². The van der Waals surface area contributed by atoms with Crippen LogP contribution < -0.4 is 14.3 Å². The van der Waals surface area contributed by atoms with Crippen LogP contribution in [0.3, 0.4) is 0 Å². The van der Waals surface area contributed by atoms with Gasteiger partial charge in [-0.2, -0.15) is 0 Å². The molecule has 31 heavy (non-hydrogen) atoms. The largest absolute Gasteiger partial charge is 0.493 e. The number of ether oxygens (including phenoxy) is 2. The second kappa shape index (κ2) is 9.67. The van der Waals surface area contributed by atoms with Crippen LogP contribution in [0.25, 0.3) is 11.3 Å². The molecule has 0 bridgehead atoms. The Balaban J connectivity index is 1.73. The monoisotopic (exact) mass is 430 g/mol. The number of thiazole rings is 1. The van der Waals surface area contributed by atoms with E-state index in [1.807, 2.05) is 30.3 Å². The summed E-state index contributed by atoms with van der Waals surface area (Å²) in [4.78, 5) is 5.99. The van der Waals surface area contributed by atoms with Crippen molar-refractivity contribution in [2.24, 2.45) is 4.99 Å². The summed E-state index contributed by atoms with van der Waals surface area (Å²) in [5.41, 5.74) is 5.74. The van der Waals surface area contributed by atoms with Crippen molar-refractivity contribution < 1.29 is 9.47 Å². The lowest BCUT2D eigenvalue weighted by molar-refractivity contribution is 0.354. The lowest BCUT2D eigenvalue weighted by Gasteiger charge is -2.12. The first-order valence-electron chi connectivity index (χ1n) is 10.2. The number of rotatable bonds is 7. The molecule has 0 aliphatic heterocycles. The number of benzene rings is 3. The predicted molar refractivity (Wildman–Crippen MR) is 127 cm³/mol. The van der Waals surface area contributed by atoms with Gasteiger partial charge < -0.3 is 14.0 Å². The van der Waals surface area contributed by atoms with Gasteiger partial charge in [-0.25, -0.2) is 4.99 Å². The zero-order valence-corrected chi connectivity index (χ0v) is 18.9. The third kappa shape index (κ3) is 4.72. The van der Waals surface area contributed by atoms with Gasteiger partial charge in [-0.15, -0.1) is 11.3 Å². The Labute approximate surface area is 187 Å². The molecule has 0 atom stereocenters. The molecule has 0 aliphatic carbocycles. The first kappa shape index (κ1) is 20.9. The van der Waals surface area contributed by atoms with Crippen LogP contribution in [0.5, 0.6) is 11.5 Å². The highest BCUT2D eigenvalue weighted by molar-refractivity contribution is 7.07. The molecule has 4 aromatic rings. The van der Waals surface area contributed by atoms with E-state index in [-0.39, 0.29) is 0 Å². The molecule has 0 aliphatic rings. The Morgan fingerprint density at radius 3 is 2.35 bits per heavy atom. The van der Waals surface area contributed by atoms with E-state index in [1.165, 1.54) is 22.4 Å². The van der Waals surface area contributed by atoms with E-state index in [4.69, 9.17) is 14.5 Å². The van der Waals surface area contributed by atoms with Gasteiger partial charge in [-0.05, 0) is 48.2 Å². The smallest absolute Gasteiger partial charge is 0.190 e. The second-order valence-corrected chi connectivity index (χ2v) is 8.10. The third-order valence-electron chi connectivity index (χ3n) is 5.27. The molecular weight excluding hydrogens is 404 g/mol. The van der Waals surface area contributed by atoms with Gasteiger partial charge in [0.15, 0.2) is 16.3 Å². The van der Waals surface area contributed by atoms with E-state index in [9.17, 15) is 0 Å². The highest BCUT2D eigenvalue weighted by Crippen LogP contribution is 2.28. The van der Waals surface area contributed by atoms with Gasteiger partial charge in [0.2, 0.25) is 0 Å². The Bertz CT molecular complexity index is 1230. The van der Waals surface area contributed by atoms with E-state index >= 15 is 0 Å². The first-order valence-corrected chi connectivity index (χ1v) is 11.1. The number of aromatic nitrogens is 1. The zero-order valence-electron chi connectivity index (χ0n) is 18.0. The van der Waals surface area contributed by atoms with Gasteiger partial charge in [-0.3, -0.25) is 0 Å². The van der Waals surface area contributed by atoms with Gasteiger partial charge in [0, 0.05) is 11.9 Å². The van der Waals surface area contributed by atoms with Crippen molar-refractivity contribution >= 4 is 17.0 Å². The summed E-state index contributed by atoms with van der Waals surface area (Å²) < 4.78 is 13.2. The molecule has 0 amide bonds. The van der Waals surface area contributed by atoms with Crippen molar-refractivity contribution in [3.05, 3.63) is 94.1 Å². The molecule has 0 spiro atoms. The van der Waals surface area contributed by atoms with Crippen LogP contribution in [0, 0.1) is 6.92 Å². The first-order chi connectivity index (χ1) is 15.2. The van der Waals surface area contributed by atoms with E-state index in [1.54, 1.807) is 25.6 Å². The maximum absolute atomic E-state index is 5.47. The minimum Gasteiger partial charge on any atom is -0.493 e. The van der Waals surface area contributed by atoms with Crippen LogP contribution in [-0.4, -0.2) is 18.8 Å². The quantitative estimate of drug-likeness (QED) is 0.360. The van der Waals surface area contributed by atoms with Gasteiger partial charge in [0.1, 0.15) is 0 Å². The molecule has 4 rings (SSSR count). The summed E-state index contributed by atoms with van der Waals surface area (Å²) in [6.07, 6.45) is 0.859. The minimum absolute atomic E-state index is 0.745. The summed E-state index contributed by atoms with van der Waals surface area (Å²) in [5, 5.41) is 2.20. The van der Waals surface area contributed by atoms with Gasteiger partial charge in [0.05, 0.1) is 25.6 Å². The summed E-state index contributed by atoms with van der Waals surface area (Å²) in [6.45, 7) is 2.91. The summed E-state index contributed by atoms with van der Waals surface area (Å²) in [7, 11) is 3.33. The van der Waals surface area contributed by atoms with Crippen molar-refractivity contribution in [3.63, 3.8) is 0 Å². The normalized spacial score (nSPS) is 11.5. The van der Waals surface area contributed by atoms with Crippen LogP contribution in [-0.2, 0) is 13.0 Å². The zero-order chi connectivity index (χ0) is 21.6. The molecule has 0 unspecified atom stereocenters. The molecule has 1 aromatic heterocycles. The summed E-state index contributed by atoms with van der Waals surface area (Å²) in [5.74, 6) is 1.50.